The van der Waals surface area contributed by atoms with Crippen molar-refractivity contribution in [1.29, 1.82) is 0 Å². The molecule has 0 saturated carbocycles. The molecule has 2 aromatic rings. The van der Waals surface area contributed by atoms with Crippen molar-refractivity contribution in [3.05, 3.63) is 83.5 Å². The first kappa shape index (κ1) is 18.0. The number of nitrogens with zero attached hydrogens (tertiary/aromatic N) is 1. The number of amides is 2. The molecule has 28 heavy (non-hydrogen) atoms. The van der Waals surface area contributed by atoms with E-state index in [0.717, 1.165) is 16.7 Å². The second kappa shape index (κ2) is 7.00. The number of nitrogens with two attached hydrogens (primary N) is 1. The number of nitrogen functional groups attached to an aromatic ring is 1. The van der Waals surface area contributed by atoms with Crippen LogP contribution in [0.5, 0.6) is 0 Å². The topological polar surface area (TPSA) is 75.4 Å². The first-order valence-corrected chi connectivity index (χ1v) is 9.38. The van der Waals surface area contributed by atoms with Gasteiger partial charge in [0.25, 0.3) is 5.91 Å². The van der Waals surface area contributed by atoms with Crippen LogP contribution in [0.4, 0.5) is 11.4 Å². The summed E-state index contributed by atoms with van der Waals surface area (Å²) in [5.41, 5.74) is 9.34. The molecule has 0 aromatic heterocycles. The molecule has 1 atom stereocenters. The van der Waals surface area contributed by atoms with Gasteiger partial charge in [0.05, 0.1) is 16.8 Å². The van der Waals surface area contributed by atoms with E-state index in [1.165, 1.54) is 0 Å². The molecule has 2 amide bonds. The maximum atomic E-state index is 12.8. The third kappa shape index (κ3) is 3.31. The fraction of sp³-hybridized carbons (Fsp3) is 0.217. The summed E-state index contributed by atoms with van der Waals surface area (Å²) in [4.78, 5) is 27.2. The Hall–Kier alpha value is -3.34. The van der Waals surface area contributed by atoms with Crippen LogP contribution in [0.15, 0.2) is 72.3 Å². The van der Waals surface area contributed by atoms with Crippen LogP contribution in [0.1, 0.15) is 29.3 Å². The minimum atomic E-state index is -0.649. The molecule has 5 heteroatoms. The van der Waals surface area contributed by atoms with Gasteiger partial charge in [0.15, 0.2) is 0 Å². The van der Waals surface area contributed by atoms with Crippen molar-refractivity contribution in [2.24, 2.45) is 5.41 Å². The zero-order valence-electron chi connectivity index (χ0n) is 15.8. The Morgan fingerprint density at radius 1 is 1.18 bits per heavy atom. The van der Waals surface area contributed by atoms with Crippen molar-refractivity contribution < 1.29 is 9.59 Å². The molecule has 0 bridgehead atoms. The van der Waals surface area contributed by atoms with Gasteiger partial charge >= 0.3 is 0 Å². The number of para-hydroxylation sites is 2. The molecule has 1 aliphatic carbocycles. The van der Waals surface area contributed by atoms with Gasteiger partial charge in [0.1, 0.15) is 0 Å². The van der Waals surface area contributed by atoms with Gasteiger partial charge in [0.2, 0.25) is 5.91 Å². The fourth-order valence-corrected chi connectivity index (χ4v) is 3.59. The molecule has 1 unspecified atom stereocenters. The molecule has 0 radical (unpaired) electrons. The van der Waals surface area contributed by atoms with Gasteiger partial charge in [-0.05, 0) is 42.7 Å². The van der Waals surface area contributed by atoms with Gasteiger partial charge in [-0.25, -0.2) is 0 Å². The van der Waals surface area contributed by atoms with E-state index in [0.29, 0.717) is 30.9 Å². The number of benzene rings is 2. The van der Waals surface area contributed by atoms with E-state index >= 15 is 0 Å². The second-order valence-electron chi connectivity index (χ2n) is 7.59. The number of hydrogen-bond acceptors (Lipinski definition) is 3. The van der Waals surface area contributed by atoms with E-state index in [9.17, 15) is 9.59 Å². The molecule has 2 aliphatic rings. The quantitative estimate of drug-likeness (QED) is 0.802. The summed E-state index contributed by atoms with van der Waals surface area (Å²) in [7, 11) is 0. The summed E-state index contributed by atoms with van der Waals surface area (Å²) in [6.07, 6.45) is 6.49. The average Bonchev–Trinajstić information content (AvgIpc) is 3.01. The minimum Gasteiger partial charge on any atom is -0.397 e. The van der Waals surface area contributed by atoms with Gasteiger partial charge in [-0.2, -0.15) is 0 Å². The lowest BCUT2D eigenvalue weighted by Gasteiger charge is -2.28. The van der Waals surface area contributed by atoms with E-state index < -0.39 is 5.41 Å². The van der Waals surface area contributed by atoms with Crippen molar-refractivity contribution in [3.63, 3.8) is 0 Å². The highest BCUT2D eigenvalue weighted by atomic mass is 16.2. The molecular weight excluding hydrogens is 350 g/mol. The highest BCUT2D eigenvalue weighted by Gasteiger charge is 2.33. The number of nitrogens with one attached hydrogen (secondary N) is 1. The van der Waals surface area contributed by atoms with Gasteiger partial charge in [-0.15, -0.1) is 0 Å². The number of anilines is 2. The number of carbonyl (C=O) groups is 2. The van der Waals surface area contributed by atoms with Crippen molar-refractivity contribution in [2.45, 2.75) is 19.9 Å². The third-order valence-electron chi connectivity index (χ3n) is 5.45. The Balaban J connectivity index is 1.41. The van der Waals surface area contributed by atoms with E-state index in [2.05, 4.69) is 5.32 Å². The van der Waals surface area contributed by atoms with Crippen LogP contribution in [0, 0.1) is 5.41 Å². The second-order valence-corrected chi connectivity index (χ2v) is 7.59. The number of rotatable bonds is 4. The smallest absolute Gasteiger partial charge is 0.254 e. The van der Waals surface area contributed by atoms with Crippen molar-refractivity contribution in [2.75, 3.05) is 17.6 Å². The third-order valence-corrected chi connectivity index (χ3v) is 5.45. The van der Waals surface area contributed by atoms with Crippen LogP contribution in [-0.4, -0.2) is 23.3 Å². The number of carbonyl (C=O) groups excluding carboxylic acids is 2. The number of hydrogen-bond donors (Lipinski definition) is 2. The molecular formula is C23H23N3O2. The zero-order valence-corrected chi connectivity index (χ0v) is 15.8. The summed E-state index contributed by atoms with van der Waals surface area (Å²) in [6, 6.07) is 14.9. The first-order valence-electron chi connectivity index (χ1n) is 9.38. The Labute approximate surface area is 164 Å². The molecule has 142 valence electrons. The van der Waals surface area contributed by atoms with Crippen LogP contribution in [0.2, 0.25) is 0 Å². The molecule has 5 nitrogen and oxygen atoms in total. The largest absolute Gasteiger partial charge is 0.397 e. The van der Waals surface area contributed by atoms with Crippen LogP contribution in [0.25, 0.3) is 0 Å². The zero-order chi connectivity index (χ0) is 19.7. The average molecular weight is 373 g/mol. The van der Waals surface area contributed by atoms with E-state index in [1.54, 1.807) is 12.1 Å². The number of allylic oxidation sites excluding steroid dienone is 1. The lowest BCUT2D eigenvalue weighted by atomic mass is 9.81. The fourth-order valence-electron chi connectivity index (χ4n) is 3.59. The predicted molar refractivity (Wildman–Crippen MR) is 111 cm³/mol. The molecule has 0 fully saturated rings. The van der Waals surface area contributed by atoms with Crippen LogP contribution in [0.3, 0.4) is 0 Å². The van der Waals surface area contributed by atoms with Crippen LogP contribution >= 0.6 is 0 Å². The van der Waals surface area contributed by atoms with Crippen LogP contribution in [-0.2, 0) is 11.3 Å². The van der Waals surface area contributed by atoms with E-state index in [1.807, 2.05) is 66.4 Å². The Morgan fingerprint density at radius 2 is 1.93 bits per heavy atom. The standard InChI is InChI=1S/C23H23N3O2/c1-23(22(28)25-20-9-5-4-8-19(20)24)12-10-16(11-13-23)14-26-15-17-6-2-3-7-18(17)21(26)27/h2-12H,13-15,24H2,1H3,(H,25,28). The van der Waals surface area contributed by atoms with Crippen molar-refractivity contribution >= 4 is 23.2 Å². The normalized spacial score (nSPS) is 20.7. The van der Waals surface area contributed by atoms with Gasteiger partial charge in [-0.1, -0.05) is 48.6 Å². The minimum absolute atomic E-state index is 0.0653. The first-order chi connectivity index (χ1) is 13.5. The number of fused-ring (bicyclic) bond motifs is 1. The monoisotopic (exact) mass is 373 g/mol. The summed E-state index contributed by atoms with van der Waals surface area (Å²) in [6.45, 7) is 3.08. The van der Waals surface area contributed by atoms with Crippen molar-refractivity contribution in [3.8, 4) is 0 Å². The summed E-state index contributed by atoms with van der Waals surface area (Å²) < 4.78 is 0. The molecule has 1 heterocycles. The Bertz CT molecular complexity index is 1010. The van der Waals surface area contributed by atoms with Gasteiger partial charge in [-0.3, -0.25) is 9.59 Å². The van der Waals surface area contributed by atoms with Crippen molar-refractivity contribution in [1.82, 2.24) is 4.90 Å². The van der Waals surface area contributed by atoms with E-state index in [4.69, 9.17) is 5.73 Å². The lowest BCUT2D eigenvalue weighted by Crippen LogP contribution is -2.33. The Kier molecular flexibility index (Phi) is 4.51. The molecule has 4 rings (SSSR count). The SMILES string of the molecule is CC1(C(=O)Nc2ccccc2N)C=CC(CN2Cc3ccccc3C2=O)=CC1. The molecule has 1 aliphatic heterocycles. The molecule has 0 spiro atoms. The lowest BCUT2D eigenvalue weighted by molar-refractivity contribution is -0.122. The molecule has 2 aromatic carbocycles. The highest BCUT2D eigenvalue weighted by Crippen LogP contribution is 2.33. The summed E-state index contributed by atoms with van der Waals surface area (Å²) in [5, 5.41) is 2.92. The maximum Gasteiger partial charge on any atom is 0.254 e. The molecule has 3 N–H and O–H groups in total. The van der Waals surface area contributed by atoms with E-state index in [-0.39, 0.29) is 11.8 Å². The summed E-state index contributed by atoms with van der Waals surface area (Å²) in [5.74, 6) is -0.0304. The maximum absolute atomic E-state index is 12.8. The highest BCUT2D eigenvalue weighted by molar-refractivity contribution is 5.99. The molecule has 0 saturated heterocycles. The van der Waals surface area contributed by atoms with Gasteiger partial charge in [0, 0.05) is 18.7 Å². The summed E-state index contributed by atoms with van der Waals surface area (Å²) >= 11 is 0. The Morgan fingerprint density at radius 3 is 2.64 bits per heavy atom. The van der Waals surface area contributed by atoms with Crippen LogP contribution < -0.4 is 11.1 Å². The van der Waals surface area contributed by atoms with Gasteiger partial charge < -0.3 is 16.0 Å². The predicted octanol–water partition coefficient (Wildman–Crippen LogP) is 3.76.